The summed E-state index contributed by atoms with van der Waals surface area (Å²) < 4.78 is 27.4. The summed E-state index contributed by atoms with van der Waals surface area (Å²) in [6.07, 6.45) is 0. The van der Waals surface area contributed by atoms with E-state index in [2.05, 4.69) is 9.97 Å². The largest absolute Gasteiger partial charge is 0.326 e. The van der Waals surface area contributed by atoms with E-state index in [4.69, 9.17) is 0 Å². The van der Waals surface area contributed by atoms with Crippen molar-refractivity contribution in [2.75, 3.05) is 26.2 Å². The first-order valence-corrected chi connectivity index (χ1v) is 13.3. The van der Waals surface area contributed by atoms with E-state index in [1.807, 2.05) is 35.7 Å². The first-order valence-electron chi connectivity index (χ1n) is 11.0. The number of rotatable bonds is 6. The molecular formula is C23H22N5O5S2+. The van der Waals surface area contributed by atoms with Gasteiger partial charge in [0.05, 0.1) is 36.5 Å². The van der Waals surface area contributed by atoms with Crippen molar-refractivity contribution in [1.82, 2.24) is 14.3 Å². The SMILES string of the molecule is O=c1[nH]c(C[NH+]2CCN(S(=O)(=O)c3ccccc3[N+](=O)[O-])CC2)nc2scc(-c3ccccc3)c12. The highest BCUT2D eigenvalue weighted by Gasteiger charge is 2.35. The summed E-state index contributed by atoms with van der Waals surface area (Å²) in [6, 6.07) is 15.1. The van der Waals surface area contributed by atoms with Crippen molar-refractivity contribution in [3.8, 4) is 11.1 Å². The number of aromatic amines is 1. The molecule has 1 fully saturated rings. The zero-order valence-corrected chi connectivity index (χ0v) is 20.1. The third-order valence-electron chi connectivity index (χ3n) is 6.10. The van der Waals surface area contributed by atoms with Crippen LogP contribution in [0.3, 0.4) is 0 Å². The summed E-state index contributed by atoms with van der Waals surface area (Å²) in [5.74, 6) is 0.550. The number of piperazine rings is 1. The van der Waals surface area contributed by atoms with Crippen molar-refractivity contribution in [2.45, 2.75) is 11.4 Å². The second-order valence-electron chi connectivity index (χ2n) is 8.26. The van der Waals surface area contributed by atoms with Gasteiger partial charge in [0.15, 0.2) is 10.7 Å². The molecule has 12 heteroatoms. The van der Waals surface area contributed by atoms with Crippen LogP contribution in [0.4, 0.5) is 5.69 Å². The number of H-pyrrole nitrogens is 1. The molecule has 0 unspecified atom stereocenters. The normalized spacial score (nSPS) is 15.4. The molecular weight excluding hydrogens is 490 g/mol. The minimum Gasteiger partial charge on any atom is -0.326 e. The Morgan fingerprint density at radius 1 is 1.09 bits per heavy atom. The van der Waals surface area contributed by atoms with Crippen LogP contribution < -0.4 is 10.5 Å². The van der Waals surface area contributed by atoms with Crippen LogP contribution in [-0.4, -0.2) is 53.8 Å². The molecule has 0 saturated carbocycles. The third kappa shape index (κ3) is 4.48. The topological polar surface area (TPSA) is 131 Å². The van der Waals surface area contributed by atoms with Gasteiger partial charge in [0.25, 0.3) is 11.2 Å². The number of fused-ring (bicyclic) bond motifs is 1. The molecule has 5 rings (SSSR count). The molecule has 10 nitrogen and oxygen atoms in total. The Hall–Kier alpha value is -3.45. The predicted molar refractivity (Wildman–Crippen MR) is 132 cm³/mol. The number of nitrogens with zero attached hydrogens (tertiary/aromatic N) is 3. The summed E-state index contributed by atoms with van der Waals surface area (Å²) in [6.45, 7) is 1.85. The minimum absolute atomic E-state index is 0.192. The number of hydrogen-bond acceptors (Lipinski definition) is 7. The molecule has 0 atom stereocenters. The molecule has 180 valence electrons. The second kappa shape index (κ2) is 9.30. The van der Waals surface area contributed by atoms with Crippen molar-refractivity contribution < 1.29 is 18.2 Å². The number of benzene rings is 2. The van der Waals surface area contributed by atoms with Gasteiger partial charge in [-0.2, -0.15) is 4.31 Å². The number of aromatic nitrogens is 2. The van der Waals surface area contributed by atoms with Crippen LogP contribution in [0.25, 0.3) is 21.3 Å². The van der Waals surface area contributed by atoms with Gasteiger partial charge in [0, 0.05) is 17.0 Å². The fourth-order valence-electron chi connectivity index (χ4n) is 4.33. The monoisotopic (exact) mass is 512 g/mol. The van der Waals surface area contributed by atoms with Crippen LogP contribution in [-0.2, 0) is 16.6 Å². The van der Waals surface area contributed by atoms with Gasteiger partial charge >= 0.3 is 0 Å². The summed E-state index contributed by atoms with van der Waals surface area (Å²) in [5, 5.41) is 13.8. The highest BCUT2D eigenvalue weighted by atomic mass is 32.2. The van der Waals surface area contributed by atoms with Gasteiger partial charge in [0.1, 0.15) is 11.4 Å². The summed E-state index contributed by atoms with van der Waals surface area (Å²) in [4.78, 5) is 32.5. The second-order valence-corrected chi connectivity index (χ2v) is 11.0. The van der Waals surface area contributed by atoms with Crippen LogP contribution in [0.15, 0.2) is 69.7 Å². The molecule has 3 heterocycles. The fourth-order valence-corrected chi connectivity index (χ4v) is 6.89. The molecule has 2 aromatic carbocycles. The van der Waals surface area contributed by atoms with E-state index < -0.39 is 20.6 Å². The van der Waals surface area contributed by atoms with Gasteiger partial charge in [-0.3, -0.25) is 14.9 Å². The van der Waals surface area contributed by atoms with E-state index in [0.29, 0.717) is 35.7 Å². The molecule has 1 saturated heterocycles. The number of nitro benzene ring substituents is 1. The summed E-state index contributed by atoms with van der Waals surface area (Å²) >= 11 is 1.42. The Bertz CT molecular complexity index is 1560. The van der Waals surface area contributed by atoms with E-state index in [1.165, 1.54) is 39.9 Å². The molecule has 0 radical (unpaired) electrons. The molecule has 0 bridgehead atoms. The Morgan fingerprint density at radius 3 is 2.49 bits per heavy atom. The third-order valence-corrected chi connectivity index (χ3v) is 8.92. The van der Waals surface area contributed by atoms with E-state index in [0.717, 1.165) is 16.0 Å². The zero-order valence-electron chi connectivity index (χ0n) is 18.5. The Kier molecular flexibility index (Phi) is 6.19. The molecule has 2 aromatic heterocycles. The van der Waals surface area contributed by atoms with E-state index >= 15 is 0 Å². The number of para-hydroxylation sites is 1. The lowest BCUT2D eigenvalue weighted by atomic mass is 10.1. The number of sulfonamides is 1. The lowest BCUT2D eigenvalue weighted by Gasteiger charge is -2.31. The van der Waals surface area contributed by atoms with Gasteiger partial charge in [-0.25, -0.2) is 13.4 Å². The van der Waals surface area contributed by atoms with Crippen LogP contribution in [0.2, 0.25) is 0 Å². The first-order chi connectivity index (χ1) is 16.8. The minimum atomic E-state index is -3.99. The molecule has 0 spiro atoms. The number of hydrogen-bond donors (Lipinski definition) is 2. The molecule has 0 aliphatic carbocycles. The number of nitrogens with one attached hydrogen (secondary N) is 2. The van der Waals surface area contributed by atoms with Crippen molar-refractivity contribution in [3.63, 3.8) is 0 Å². The molecule has 4 aromatic rings. The van der Waals surface area contributed by atoms with Crippen molar-refractivity contribution in [3.05, 3.63) is 86.3 Å². The maximum Gasteiger partial charge on any atom is 0.289 e. The molecule has 0 amide bonds. The van der Waals surface area contributed by atoms with Crippen LogP contribution in [0.5, 0.6) is 0 Å². The lowest BCUT2D eigenvalue weighted by Crippen LogP contribution is -3.13. The number of nitro groups is 1. The number of thiophene rings is 1. The van der Waals surface area contributed by atoms with E-state index in [-0.39, 0.29) is 23.5 Å². The van der Waals surface area contributed by atoms with Crippen molar-refractivity contribution >= 4 is 37.3 Å². The van der Waals surface area contributed by atoms with Gasteiger partial charge in [0.2, 0.25) is 10.0 Å². The number of quaternary nitrogens is 1. The summed E-state index contributed by atoms with van der Waals surface area (Å²) in [7, 11) is -3.99. The van der Waals surface area contributed by atoms with Gasteiger partial charge in [-0.05, 0) is 11.6 Å². The highest BCUT2D eigenvalue weighted by Crippen LogP contribution is 2.30. The molecule has 35 heavy (non-hydrogen) atoms. The smallest absolute Gasteiger partial charge is 0.289 e. The Morgan fingerprint density at radius 2 is 1.77 bits per heavy atom. The molecule has 1 aliphatic rings. The summed E-state index contributed by atoms with van der Waals surface area (Å²) in [5.41, 5.74) is 1.19. The standard InChI is InChI=1S/C23H21N5O5S2/c29-22-21-17(16-6-2-1-3-7-16)15-34-23(21)25-20(24-22)14-26-10-12-27(13-11-26)35(32,33)19-9-5-4-8-18(19)28(30)31/h1-9,15H,10-14H2,(H,24,25,29)/p+1. The van der Waals surface area contributed by atoms with Gasteiger partial charge < -0.3 is 9.88 Å². The Labute approximate surface area is 204 Å². The average Bonchev–Trinajstić information content (AvgIpc) is 3.29. The quantitative estimate of drug-likeness (QED) is 0.298. The van der Waals surface area contributed by atoms with Crippen LogP contribution >= 0.6 is 11.3 Å². The predicted octanol–water partition coefficient (Wildman–Crippen LogP) is 1.65. The van der Waals surface area contributed by atoms with E-state index in [9.17, 15) is 23.3 Å². The zero-order chi connectivity index (χ0) is 24.6. The maximum absolute atomic E-state index is 13.0. The van der Waals surface area contributed by atoms with Gasteiger partial charge in [-0.15, -0.1) is 11.3 Å². The maximum atomic E-state index is 13.0. The van der Waals surface area contributed by atoms with E-state index in [1.54, 1.807) is 0 Å². The lowest BCUT2D eigenvalue weighted by molar-refractivity contribution is -0.917. The van der Waals surface area contributed by atoms with Crippen molar-refractivity contribution in [1.29, 1.82) is 0 Å². The Balaban J connectivity index is 1.31. The highest BCUT2D eigenvalue weighted by molar-refractivity contribution is 7.89. The first kappa shape index (κ1) is 23.3. The molecule has 1 aliphatic heterocycles. The van der Waals surface area contributed by atoms with Crippen LogP contribution in [0.1, 0.15) is 5.82 Å². The fraction of sp³-hybridized carbons (Fsp3) is 0.217. The van der Waals surface area contributed by atoms with Crippen LogP contribution in [0, 0.1) is 10.1 Å². The molecule has 2 N–H and O–H groups in total. The van der Waals surface area contributed by atoms with Crippen molar-refractivity contribution in [2.24, 2.45) is 0 Å². The van der Waals surface area contributed by atoms with Gasteiger partial charge in [-0.1, -0.05) is 42.5 Å². The average molecular weight is 513 g/mol.